The maximum absolute atomic E-state index is 12.7. The molecule has 0 radical (unpaired) electrons. The number of amides is 1. The van der Waals surface area contributed by atoms with Crippen LogP contribution in [0.5, 0.6) is 11.5 Å². The number of aromatic amines is 1. The van der Waals surface area contributed by atoms with E-state index in [1.165, 1.54) is 13.2 Å². The smallest absolute Gasteiger partial charge is 0.275 e. The summed E-state index contributed by atoms with van der Waals surface area (Å²) in [5.41, 5.74) is 5.60. The molecule has 8 nitrogen and oxygen atoms in total. The maximum atomic E-state index is 12.7. The van der Waals surface area contributed by atoms with E-state index in [4.69, 9.17) is 9.15 Å². The molecule has 0 saturated carbocycles. The molecular weight excluding hydrogens is 408 g/mol. The molecule has 32 heavy (non-hydrogen) atoms. The zero-order chi connectivity index (χ0) is 22.1. The number of para-hydroxylation sites is 3. The second-order valence-electron chi connectivity index (χ2n) is 7.04. The van der Waals surface area contributed by atoms with Crippen LogP contribution in [0.2, 0.25) is 0 Å². The topological polar surface area (TPSA) is 113 Å². The molecule has 3 aromatic carbocycles. The third-order valence-corrected chi connectivity index (χ3v) is 4.99. The van der Waals surface area contributed by atoms with Crippen LogP contribution in [0.1, 0.15) is 10.4 Å². The number of phenols is 1. The number of hydrogen-bond donors (Lipinski definition) is 3. The molecule has 1 amide bonds. The number of nitrogens with one attached hydrogen (secondary N) is 2. The van der Waals surface area contributed by atoms with E-state index in [1.807, 2.05) is 30.3 Å². The lowest BCUT2D eigenvalue weighted by Gasteiger charge is -2.07. The minimum Gasteiger partial charge on any atom is -0.508 e. The van der Waals surface area contributed by atoms with Gasteiger partial charge in [-0.1, -0.05) is 24.3 Å². The first-order valence-electron chi connectivity index (χ1n) is 9.81. The summed E-state index contributed by atoms with van der Waals surface area (Å²) >= 11 is 0. The monoisotopic (exact) mass is 426 g/mol. The number of carbonyl (C=O) groups is 1. The molecule has 0 bridgehead atoms. The Balaban J connectivity index is 1.64. The number of H-pyrrole nitrogens is 1. The summed E-state index contributed by atoms with van der Waals surface area (Å²) in [7, 11) is 1.49. The number of methoxy groups -OCH3 is 1. The van der Waals surface area contributed by atoms with Crippen LogP contribution < -0.4 is 15.7 Å². The zero-order valence-electron chi connectivity index (χ0n) is 17.0. The molecule has 0 fully saturated rings. The second-order valence-corrected chi connectivity index (χ2v) is 7.04. The van der Waals surface area contributed by atoms with Crippen molar-refractivity contribution in [3.05, 3.63) is 83.9 Å². The van der Waals surface area contributed by atoms with Gasteiger partial charge in [0.2, 0.25) is 5.55 Å². The predicted molar refractivity (Wildman–Crippen MR) is 119 cm³/mol. The van der Waals surface area contributed by atoms with E-state index in [-0.39, 0.29) is 11.3 Å². The van der Waals surface area contributed by atoms with Gasteiger partial charge in [-0.2, -0.15) is 0 Å². The zero-order valence-corrected chi connectivity index (χ0v) is 17.0. The van der Waals surface area contributed by atoms with Crippen LogP contribution in [0.25, 0.3) is 33.4 Å². The average molecular weight is 426 g/mol. The van der Waals surface area contributed by atoms with E-state index in [2.05, 4.69) is 20.5 Å². The molecule has 0 atom stereocenters. The average Bonchev–Trinajstić information content (AvgIpc) is 3.26. The molecule has 0 aliphatic carbocycles. The summed E-state index contributed by atoms with van der Waals surface area (Å²) in [6.45, 7) is 0. The first-order chi connectivity index (χ1) is 15.6. The summed E-state index contributed by atoms with van der Waals surface area (Å²) in [4.78, 5) is 20.6. The molecule has 0 unspecified atom stereocenters. The number of aromatic nitrogens is 2. The number of benzene rings is 3. The Bertz CT molecular complexity index is 1500. The number of fused-ring (bicyclic) bond motifs is 2. The van der Waals surface area contributed by atoms with Crippen molar-refractivity contribution in [1.29, 1.82) is 0 Å². The summed E-state index contributed by atoms with van der Waals surface area (Å²) in [6.07, 6.45) is 0. The number of hydrogen-bond acceptors (Lipinski definition) is 6. The Hall–Kier alpha value is -4.59. The lowest BCUT2D eigenvalue weighted by Crippen LogP contribution is -2.22. The lowest BCUT2D eigenvalue weighted by molar-refractivity contribution is 0.0948. The van der Waals surface area contributed by atoms with Gasteiger partial charge >= 0.3 is 0 Å². The SMILES string of the molecule is COc1ccccc1C(=O)N/N=c1\oc2cc(O)ccc2cc1-c1nc2ccccc2[nH]1. The normalized spacial score (nSPS) is 11.7. The second kappa shape index (κ2) is 7.92. The number of ether oxygens (including phenoxy) is 1. The fraction of sp³-hybridized carbons (Fsp3) is 0.0417. The number of aromatic hydroxyl groups is 1. The van der Waals surface area contributed by atoms with Crippen LogP contribution in [0.15, 0.2) is 82.3 Å². The highest BCUT2D eigenvalue weighted by atomic mass is 16.5. The summed E-state index contributed by atoms with van der Waals surface area (Å²) in [6, 6.07) is 21.1. The molecule has 5 aromatic rings. The van der Waals surface area contributed by atoms with Crippen LogP contribution in [0.3, 0.4) is 0 Å². The Morgan fingerprint density at radius 2 is 1.91 bits per heavy atom. The molecule has 0 aliphatic heterocycles. The van der Waals surface area contributed by atoms with Crippen LogP contribution in [0, 0.1) is 0 Å². The van der Waals surface area contributed by atoms with Crippen molar-refractivity contribution in [2.24, 2.45) is 5.10 Å². The third kappa shape index (κ3) is 3.54. The van der Waals surface area contributed by atoms with Gasteiger partial charge in [0.05, 0.1) is 29.3 Å². The number of rotatable bonds is 4. The molecule has 158 valence electrons. The van der Waals surface area contributed by atoms with E-state index < -0.39 is 5.91 Å². The van der Waals surface area contributed by atoms with Gasteiger partial charge in [-0.3, -0.25) is 4.79 Å². The Labute approximate surface area is 181 Å². The summed E-state index contributed by atoms with van der Waals surface area (Å²) in [5.74, 6) is 0.569. The molecule has 3 N–H and O–H groups in total. The first-order valence-corrected chi connectivity index (χ1v) is 9.81. The van der Waals surface area contributed by atoms with Crippen molar-refractivity contribution in [2.75, 3.05) is 7.11 Å². The predicted octanol–water partition coefficient (Wildman–Crippen LogP) is 3.94. The van der Waals surface area contributed by atoms with Gasteiger partial charge in [0.25, 0.3) is 5.91 Å². The number of phenolic OH excluding ortho intramolecular Hbond substituents is 1. The van der Waals surface area contributed by atoms with Crippen LogP contribution in [-0.2, 0) is 0 Å². The van der Waals surface area contributed by atoms with Crippen molar-refractivity contribution in [2.45, 2.75) is 0 Å². The molecule has 0 spiro atoms. The highest BCUT2D eigenvalue weighted by Crippen LogP contribution is 2.24. The van der Waals surface area contributed by atoms with E-state index in [9.17, 15) is 9.90 Å². The maximum Gasteiger partial charge on any atom is 0.275 e. The van der Waals surface area contributed by atoms with E-state index in [0.717, 1.165) is 16.4 Å². The Morgan fingerprint density at radius 3 is 2.75 bits per heavy atom. The minimum atomic E-state index is -0.454. The Morgan fingerprint density at radius 1 is 1.09 bits per heavy atom. The fourth-order valence-electron chi connectivity index (χ4n) is 3.43. The molecule has 0 aliphatic rings. The Kier molecular flexibility index (Phi) is 4.79. The largest absolute Gasteiger partial charge is 0.508 e. The first kappa shape index (κ1) is 19.4. The van der Waals surface area contributed by atoms with Crippen molar-refractivity contribution < 1.29 is 19.1 Å². The summed E-state index contributed by atoms with van der Waals surface area (Å²) < 4.78 is 11.2. The minimum absolute atomic E-state index is 0.0572. The molecule has 2 heterocycles. The van der Waals surface area contributed by atoms with Crippen molar-refractivity contribution in [1.82, 2.24) is 15.4 Å². The molecular formula is C24H18N4O4. The van der Waals surface area contributed by atoms with E-state index >= 15 is 0 Å². The number of nitrogens with zero attached hydrogens (tertiary/aromatic N) is 2. The van der Waals surface area contributed by atoms with Gasteiger partial charge in [0.1, 0.15) is 22.9 Å². The van der Waals surface area contributed by atoms with E-state index in [0.29, 0.717) is 28.3 Å². The van der Waals surface area contributed by atoms with Gasteiger partial charge in [-0.25, -0.2) is 10.4 Å². The van der Waals surface area contributed by atoms with Crippen molar-refractivity contribution >= 4 is 27.9 Å². The van der Waals surface area contributed by atoms with Gasteiger partial charge < -0.3 is 19.2 Å². The quantitative estimate of drug-likeness (QED) is 0.377. The molecule has 0 saturated heterocycles. The van der Waals surface area contributed by atoms with Crippen molar-refractivity contribution in [3.63, 3.8) is 0 Å². The number of imidazole rings is 1. The fourth-order valence-corrected chi connectivity index (χ4v) is 3.43. The van der Waals surface area contributed by atoms with Gasteiger partial charge in [0, 0.05) is 11.5 Å². The molecule has 8 heteroatoms. The highest BCUT2D eigenvalue weighted by Gasteiger charge is 2.14. The van der Waals surface area contributed by atoms with E-state index in [1.54, 1.807) is 36.4 Å². The molecule has 2 aromatic heterocycles. The standard InChI is InChI=1S/C24H18N4O4/c1-31-20-9-5-2-6-16(20)23(30)27-28-24-17(12-14-10-11-15(29)13-21(14)32-24)22-25-18-7-3-4-8-19(18)26-22/h2-13,29H,1H3,(H,25,26)(H,27,30)/b28-24-. The van der Waals surface area contributed by atoms with Crippen LogP contribution in [0.4, 0.5) is 0 Å². The van der Waals surface area contributed by atoms with Crippen LogP contribution in [-0.4, -0.2) is 28.1 Å². The highest BCUT2D eigenvalue weighted by molar-refractivity contribution is 5.96. The van der Waals surface area contributed by atoms with Gasteiger partial charge in [0.15, 0.2) is 0 Å². The molecule has 5 rings (SSSR count). The lowest BCUT2D eigenvalue weighted by atomic mass is 10.1. The van der Waals surface area contributed by atoms with Gasteiger partial charge in [-0.05, 0) is 42.5 Å². The van der Waals surface area contributed by atoms with Crippen molar-refractivity contribution in [3.8, 4) is 22.9 Å². The van der Waals surface area contributed by atoms with Gasteiger partial charge in [-0.15, -0.1) is 5.10 Å². The van der Waals surface area contributed by atoms with Crippen LogP contribution >= 0.6 is 0 Å². The third-order valence-electron chi connectivity index (χ3n) is 4.99. The number of carbonyl (C=O) groups excluding carboxylic acids is 1. The summed E-state index contributed by atoms with van der Waals surface area (Å²) in [5, 5.41) is 14.8.